The Labute approximate surface area is 195 Å². The van der Waals surface area contributed by atoms with E-state index in [1.54, 1.807) is 31.4 Å². The van der Waals surface area contributed by atoms with Crippen LogP contribution in [0.15, 0.2) is 42.5 Å². The monoisotopic (exact) mass is 476 g/mol. The molecule has 0 spiro atoms. The SMILES string of the molecule is CCOc1ccc(CCCNC(=O)c2ccc(CS(=O)(=O)N3CCOCC3)cc2)cc1OC. The molecule has 9 heteroatoms. The van der Waals surface area contributed by atoms with E-state index in [0.717, 1.165) is 24.2 Å². The minimum absolute atomic E-state index is 0.0829. The molecule has 0 atom stereocenters. The van der Waals surface area contributed by atoms with Crippen molar-refractivity contribution in [1.29, 1.82) is 0 Å². The fraction of sp³-hybridized carbons (Fsp3) is 0.458. The van der Waals surface area contributed by atoms with Gasteiger partial charge < -0.3 is 19.5 Å². The molecule has 3 rings (SSSR count). The molecule has 0 radical (unpaired) electrons. The number of ether oxygens (including phenoxy) is 3. The minimum Gasteiger partial charge on any atom is -0.493 e. The molecule has 0 bridgehead atoms. The molecule has 33 heavy (non-hydrogen) atoms. The highest BCUT2D eigenvalue weighted by Crippen LogP contribution is 2.28. The quantitative estimate of drug-likeness (QED) is 0.501. The Bertz CT molecular complexity index is 1020. The fourth-order valence-electron chi connectivity index (χ4n) is 3.62. The van der Waals surface area contributed by atoms with Gasteiger partial charge in [-0.25, -0.2) is 8.42 Å². The Hall–Kier alpha value is -2.62. The van der Waals surface area contributed by atoms with Gasteiger partial charge in [0.1, 0.15) is 0 Å². The zero-order chi connectivity index (χ0) is 23.7. The van der Waals surface area contributed by atoms with Crippen LogP contribution < -0.4 is 14.8 Å². The van der Waals surface area contributed by atoms with Gasteiger partial charge in [-0.3, -0.25) is 4.79 Å². The third kappa shape index (κ3) is 7.18. The molecule has 1 aliphatic heterocycles. The van der Waals surface area contributed by atoms with Crippen LogP contribution >= 0.6 is 0 Å². The fourth-order valence-corrected chi connectivity index (χ4v) is 5.12. The summed E-state index contributed by atoms with van der Waals surface area (Å²) >= 11 is 0. The van der Waals surface area contributed by atoms with Crippen LogP contribution in [0.4, 0.5) is 0 Å². The summed E-state index contributed by atoms with van der Waals surface area (Å²) in [5.41, 5.74) is 2.27. The summed E-state index contributed by atoms with van der Waals surface area (Å²) in [6, 6.07) is 12.6. The third-order valence-corrected chi connectivity index (χ3v) is 7.23. The molecule has 0 aromatic heterocycles. The average Bonchev–Trinajstić information content (AvgIpc) is 2.83. The van der Waals surface area contributed by atoms with Gasteiger partial charge in [0.05, 0.1) is 32.7 Å². The van der Waals surface area contributed by atoms with Crippen molar-refractivity contribution in [3.8, 4) is 11.5 Å². The van der Waals surface area contributed by atoms with E-state index in [-0.39, 0.29) is 11.7 Å². The van der Waals surface area contributed by atoms with Crippen LogP contribution in [0.5, 0.6) is 11.5 Å². The van der Waals surface area contributed by atoms with Crippen LogP contribution in [-0.2, 0) is 26.9 Å². The van der Waals surface area contributed by atoms with Gasteiger partial charge >= 0.3 is 0 Å². The van der Waals surface area contributed by atoms with Crippen LogP contribution in [0.25, 0.3) is 0 Å². The van der Waals surface area contributed by atoms with Crippen LogP contribution in [0.2, 0.25) is 0 Å². The van der Waals surface area contributed by atoms with Crippen LogP contribution in [-0.4, -0.2) is 65.2 Å². The highest BCUT2D eigenvalue weighted by molar-refractivity contribution is 7.88. The predicted octanol–water partition coefficient (Wildman–Crippen LogP) is 2.62. The van der Waals surface area contributed by atoms with E-state index in [9.17, 15) is 13.2 Å². The standard InChI is InChI=1S/C24H32N2O6S/c1-3-32-22-11-8-19(17-23(22)30-2)5-4-12-25-24(27)21-9-6-20(7-10-21)18-33(28,29)26-13-15-31-16-14-26/h6-11,17H,3-5,12-16,18H2,1-2H3,(H,25,27). The van der Waals surface area contributed by atoms with Crippen molar-refractivity contribution in [2.45, 2.75) is 25.5 Å². The molecular weight excluding hydrogens is 444 g/mol. The Morgan fingerprint density at radius 2 is 1.76 bits per heavy atom. The number of nitrogens with zero attached hydrogens (tertiary/aromatic N) is 1. The molecule has 1 heterocycles. The Balaban J connectivity index is 1.46. The second kappa shape index (κ2) is 12.0. The van der Waals surface area contributed by atoms with Crippen molar-refractivity contribution in [1.82, 2.24) is 9.62 Å². The number of sulfonamides is 1. The van der Waals surface area contributed by atoms with Crippen LogP contribution in [0.3, 0.4) is 0 Å². The zero-order valence-electron chi connectivity index (χ0n) is 19.2. The maximum Gasteiger partial charge on any atom is 0.251 e. The van der Waals surface area contributed by atoms with E-state index in [2.05, 4.69) is 5.32 Å². The molecule has 1 saturated heterocycles. The number of hydrogen-bond acceptors (Lipinski definition) is 6. The topological polar surface area (TPSA) is 94.2 Å². The van der Waals surface area contributed by atoms with Gasteiger partial charge in [-0.1, -0.05) is 18.2 Å². The Morgan fingerprint density at radius 3 is 2.42 bits per heavy atom. The molecule has 180 valence electrons. The lowest BCUT2D eigenvalue weighted by atomic mass is 10.1. The van der Waals surface area contributed by atoms with Gasteiger partial charge in [0, 0.05) is 25.2 Å². The van der Waals surface area contributed by atoms with Crippen LogP contribution in [0, 0.1) is 0 Å². The Morgan fingerprint density at radius 1 is 1.06 bits per heavy atom. The summed E-state index contributed by atoms with van der Waals surface area (Å²) in [7, 11) is -1.77. The molecular formula is C24H32N2O6S. The number of carbonyl (C=O) groups excluding carboxylic acids is 1. The lowest BCUT2D eigenvalue weighted by molar-refractivity contribution is 0.0729. The summed E-state index contributed by atoms with van der Waals surface area (Å²) in [4.78, 5) is 12.4. The molecule has 2 aromatic carbocycles. The lowest BCUT2D eigenvalue weighted by Crippen LogP contribution is -2.41. The van der Waals surface area contributed by atoms with Gasteiger partial charge in [-0.2, -0.15) is 4.31 Å². The van der Waals surface area contributed by atoms with E-state index < -0.39 is 10.0 Å². The van der Waals surface area contributed by atoms with Gasteiger partial charge in [0.15, 0.2) is 11.5 Å². The largest absolute Gasteiger partial charge is 0.493 e. The van der Waals surface area contributed by atoms with E-state index in [4.69, 9.17) is 14.2 Å². The minimum atomic E-state index is -3.39. The molecule has 1 aliphatic rings. The van der Waals surface area contributed by atoms with E-state index in [1.807, 2.05) is 25.1 Å². The lowest BCUT2D eigenvalue weighted by Gasteiger charge is -2.26. The first-order valence-electron chi connectivity index (χ1n) is 11.2. The first kappa shape index (κ1) is 25.0. The number of rotatable bonds is 11. The molecule has 1 fully saturated rings. The third-order valence-electron chi connectivity index (χ3n) is 5.38. The van der Waals surface area contributed by atoms with E-state index in [1.165, 1.54) is 4.31 Å². The molecule has 2 aromatic rings. The number of morpholine rings is 1. The first-order chi connectivity index (χ1) is 15.9. The zero-order valence-corrected chi connectivity index (χ0v) is 20.0. The number of methoxy groups -OCH3 is 1. The number of carbonyl (C=O) groups is 1. The van der Waals surface area contributed by atoms with Crippen molar-refractivity contribution < 1.29 is 27.4 Å². The highest BCUT2D eigenvalue weighted by atomic mass is 32.2. The number of hydrogen-bond donors (Lipinski definition) is 1. The van der Waals surface area contributed by atoms with E-state index in [0.29, 0.717) is 56.3 Å². The summed E-state index contributed by atoms with van der Waals surface area (Å²) in [5, 5.41) is 2.91. The average molecular weight is 477 g/mol. The summed E-state index contributed by atoms with van der Waals surface area (Å²) < 4.78 is 42.6. The van der Waals surface area contributed by atoms with Crippen molar-refractivity contribution in [2.75, 3.05) is 46.6 Å². The van der Waals surface area contributed by atoms with Crippen molar-refractivity contribution >= 4 is 15.9 Å². The summed E-state index contributed by atoms with van der Waals surface area (Å²) in [5.74, 6) is 1.16. The molecule has 0 unspecified atom stereocenters. The van der Waals surface area contributed by atoms with Gasteiger partial charge in [-0.15, -0.1) is 0 Å². The summed E-state index contributed by atoms with van der Waals surface area (Å²) in [6.07, 6.45) is 1.57. The van der Waals surface area contributed by atoms with Crippen LogP contribution in [0.1, 0.15) is 34.8 Å². The molecule has 0 aliphatic carbocycles. The first-order valence-corrected chi connectivity index (χ1v) is 12.8. The maximum atomic E-state index is 12.5. The maximum absolute atomic E-state index is 12.5. The van der Waals surface area contributed by atoms with E-state index >= 15 is 0 Å². The predicted molar refractivity (Wildman–Crippen MR) is 126 cm³/mol. The van der Waals surface area contributed by atoms with Crippen molar-refractivity contribution in [3.05, 3.63) is 59.2 Å². The molecule has 8 nitrogen and oxygen atoms in total. The number of aryl methyl sites for hydroxylation is 1. The second-order valence-electron chi connectivity index (χ2n) is 7.74. The molecule has 1 N–H and O–H groups in total. The number of nitrogens with one attached hydrogen (secondary N) is 1. The van der Waals surface area contributed by atoms with Gasteiger partial charge in [0.2, 0.25) is 10.0 Å². The molecule has 0 saturated carbocycles. The van der Waals surface area contributed by atoms with Gasteiger partial charge in [0.25, 0.3) is 5.91 Å². The number of amides is 1. The normalized spacial score (nSPS) is 14.6. The second-order valence-corrected chi connectivity index (χ2v) is 9.71. The van der Waals surface area contributed by atoms with Gasteiger partial charge in [-0.05, 0) is 55.2 Å². The van der Waals surface area contributed by atoms with Crippen molar-refractivity contribution in [2.24, 2.45) is 0 Å². The smallest absolute Gasteiger partial charge is 0.251 e. The summed E-state index contributed by atoms with van der Waals surface area (Å²) in [6.45, 7) is 4.64. The molecule has 1 amide bonds. The number of benzene rings is 2. The highest BCUT2D eigenvalue weighted by Gasteiger charge is 2.24. The Kier molecular flexibility index (Phi) is 9.11. The van der Waals surface area contributed by atoms with Crippen molar-refractivity contribution in [3.63, 3.8) is 0 Å².